The van der Waals surface area contributed by atoms with E-state index in [0.29, 0.717) is 11.8 Å². The number of fused-ring (bicyclic) bond motifs is 4. The molecule has 52 heavy (non-hydrogen) atoms. The summed E-state index contributed by atoms with van der Waals surface area (Å²) in [7, 11) is 8.57. The molecule has 2 heterocycles. The Labute approximate surface area is 315 Å². The van der Waals surface area contributed by atoms with Gasteiger partial charge in [0, 0.05) is 45.8 Å². The van der Waals surface area contributed by atoms with Crippen LogP contribution in [0.2, 0.25) is 0 Å². The van der Waals surface area contributed by atoms with Crippen molar-refractivity contribution in [3.8, 4) is 0 Å². The van der Waals surface area contributed by atoms with Crippen LogP contribution in [0.5, 0.6) is 0 Å². The zero-order valence-corrected chi connectivity index (χ0v) is 32.2. The van der Waals surface area contributed by atoms with Gasteiger partial charge in [-0.05, 0) is 88.6 Å². The molecule has 0 saturated heterocycles. The molecular weight excluding hydrogens is 697 g/mol. The van der Waals surface area contributed by atoms with Crippen molar-refractivity contribution in [1.82, 2.24) is 9.80 Å². The third-order valence-electron chi connectivity index (χ3n) is 8.21. The second kappa shape index (κ2) is 19.2. The maximum atomic E-state index is 9.77. The van der Waals surface area contributed by atoms with Crippen molar-refractivity contribution in [3.63, 3.8) is 0 Å². The molecular formula is C40H50N4O6S2. The summed E-state index contributed by atoms with van der Waals surface area (Å²) in [5, 5.41) is 32.5. The second-order valence-corrected chi connectivity index (χ2v) is 15.8. The highest BCUT2D eigenvalue weighted by Crippen LogP contribution is 2.49. The average Bonchev–Trinajstić information content (AvgIpc) is 3.10. The van der Waals surface area contributed by atoms with Gasteiger partial charge in [0.2, 0.25) is 0 Å². The Hall–Kier alpha value is -4.04. The predicted molar refractivity (Wildman–Crippen MR) is 211 cm³/mol. The Kier molecular flexibility index (Phi) is 15.0. The summed E-state index contributed by atoms with van der Waals surface area (Å²) in [5.74, 6) is -2.31. The van der Waals surface area contributed by atoms with Crippen LogP contribution >= 0.6 is 23.5 Å². The molecule has 0 fully saturated rings. The van der Waals surface area contributed by atoms with E-state index in [4.69, 9.17) is 20.4 Å². The minimum Gasteiger partial charge on any atom is -0.479 e. The van der Waals surface area contributed by atoms with Crippen molar-refractivity contribution < 1.29 is 30.0 Å². The van der Waals surface area contributed by atoms with E-state index in [1.807, 2.05) is 23.5 Å². The molecule has 6 rings (SSSR count). The molecule has 4 atom stereocenters. The number of anilines is 4. The average molecular weight is 747 g/mol. The summed E-state index contributed by atoms with van der Waals surface area (Å²) in [6.07, 6.45) is -4.53. The molecule has 0 saturated carbocycles. The molecule has 2 aliphatic heterocycles. The van der Waals surface area contributed by atoms with Gasteiger partial charge >= 0.3 is 11.9 Å². The lowest BCUT2D eigenvalue weighted by Crippen LogP contribution is -2.39. The Morgan fingerprint density at radius 2 is 0.788 bits per heavy atom. The van der Waals surface area contributed by atoms with Crippen LogP contribution in [0.3, 0.4) is 0 Å². The van der Waals surface area contributed by atoms with Crippen LogP contribution in [0.1, 0.15) is 13.8 Å². The van der Waals surface area contributed by atoms with Crippen LogP contribution in [0.4, 0.5) is 22.7 Å². The molecule has 0 aromatic heterocycles. The zero-order chi connectivity index (χ0) is 37.9. The number of aliphatic hydroxyl groups excluding tert-OH is 2. The molecule has 278 valence electrons. The third kappa shape index (κ3) is 11.0. The topological polar surface area (TPSA) is 128 Å². The van der Waals surface area contributed by atoms with Crippen molar-refractivity contribution in [3.05, 3.63) is 97.1 Å². The first-order valence-electron chi connectivity index (χ1n) is 17.1. The van der Waals surface area contributed by atoms with Gasteiger partial charge in [-0.2, -0.15) is 0 Å². The number of rotatable bonds is 11. The first-order chi connectivity index (χ1) is 24.8. The Morgan fingerprint density at radius 3 is 1.02 bits per heavy atom. The van der Waals surface area contributed by atoms with Crippen molar-refractivity contribution >= 4 is 58.2 Å². The molecule has 2 unspecified atom stereocenters. The fraction of sp³-hybridized carbons (Fsp3) is 0.350. The van der Waals surface area contributed by atoms with Crippen LogP contribution < -0.4 is 9.80 Å². The van der Waals surface area contributed by atoms with Crippen LogP contribution in [0, 0.1) is 11.8 Å². The second-order valence-electron chi connectivity index (χ2n) is 13.6. The van der Waals surface area contributed by atoms with Gasteiger partial charge in [0.05, 0.1) is 22.7 Å². The van der Waals surface area contributed by atoms with Crippen molar-refractivity contribution in [1.29, 1.82) is 0 Å². The lowest BCUT2D eigenvalue weighted by molar-refractivity contribution is -0.165. The van der Waals surface area contributed by atoms with Gasteiger partial charge in [-0.25, -0.2) is 9.59 Å². The molecule has 4 aromatic carbocycles. The first-order valence-corrected chi connectivity index (χ1v) is 18.8. The van der Waals surface area contributed by atoms with Gasteiger partial charge in [-0.3, -0.25) is 0 Å². The lowest BCUT2D eigenvalue weighted by atomic mass is 10.1. The number of carboxylic acids is 2. The highest BCUT2D eigenvalue weighted by atomic mass is 32.2. The van der Waals surface area contributed by atoms with Gasteiger partial charge in [0.25, 0.3) is 0 Å². The SMILES string of the molecule is CC(CN(C)C)CN1c2ccccc2Sc2ccccc21.CC(CN(C)C)CN1c2ccccc2Sc2ccccc21.O=C(O)[C@@H](O)[C@@H](O)C(=O)O. The van der Waals surface area contributed by atoms with E-state index in [1.165, 1.54) is 42.3 Å². The minimum atomic E-state index is -2.27. The van der Waals surface area contributed by atoms with E-state index in [2.05, 4.69) is 159 Å². The largest absolute Gasteiger partial charge is 0.479 e. The quantitative estimate of drug-likeness (QED) is 0.128. The minimum absolute atomic E-state index is 0.615. The number of para-hydroxylation sites is 4. The van der Waals surface area contributed by atoms with Crippen LogP contribution in [-0.4, -0.2) is 109 Å². The van der Waals surface area contributed by atoms with Gasteiger partial charge in [0.1, 0.15) is 0 Å². The number of benzene rings is 4. The fourth-order valence-corrected chi connectivity index (χ4v) is 8.40. The van der Waals surface area contributed by atoms with Crippen LogP contribution in [0.25, 0.3) is 0 Å². The number of aliphatic hydroxyl groups is 2. The zero-order valence-electron chi connectivity index (χ0n) is 30.6. The highest BCUT2D eigenvalue weighted by Gasteiger charge is 2.29. The van der Waals surface area contributed by atoms with E-state index in [9.17, 15) is 9.59 Å². The van der Waals surface area contributed by atoms with Gasteiger partial charge in [-0.15, -0.1) is 0 Å². The molecule has 0 radical (unpaired) electrons. The van der Waals surface area contributed by atoms with Crippen molar-refractivity contribution in [2.24, 2.45) is 11.8 Å². The molecule has 0 amide bonds. The molecule has 4 N–H and O–H groups in total. The Bertz CT molecular complexity index is 1570. The van der Waals surface area contributed by atoms with E-state index < -0.39 is 24.1 Å². The summed E-state index contributed by atoms with van der Waals surface area (Å²) in [6.45, 7) is 8.96. The summed E-state index contributed by atoms with van der Waals surface area (Å²) in [6, 6.07) is 34.9. The molecule has 0 bridgehead atoms. The predicted octanol–water partition coefficient (Wildman–Crippen LogP) is 6.85. The molecule has 2 aliphatic rings. The van der Waals surface area contributed by atoms with E-state index in [1.54, 1.807) is 0 Å². The van der Waals surface area contributed by atoms with E-state index >= 15 is 0 Å². The summed E-state index contributed by atoms with van der Waals surface area (Å²) < 4.78 is 0. The smallest absolute Gasteiger partial charge is 0.335 e. The third-order valence-corrected chi connectivity index (χ3v) is 10.5. The van der Waals surface area contributed by atoms with Crippen molar-refractivity contribution in [2.45, 2.75) is 45.6 Å². The normalized spacial score (nSPS) is 15.0. The monoisotopic (exact) mass is 746 g/mol. The number of carbonyl (C=O) groups is 2. The summed E-state index contributed by atoms with van der Waals surface area (Å²) in [4.78, 5) is 34.5. The molecule has 4 aromatic rings. The lowest BCUT2D eigenvalue weighted by Gasteiger charge is -2.35. The number of aliphatic carboxylic acids is 2. The maximum Gasteiger partial charge on any atom is 0.335 e. The Morgan fingerprint density at radius 1 is 0.538 bits per heavy atom. The van der Waals surface area contributed by atoms with Gasteiger partial charge in [-0.1, -0.05) is 85.9 Å². The van der Waals surface area contributed by atoms with Crippen LogP contribution in [0.15, 0.2) is 117 Å². The molecule has 0 spiro atoms. The van der Waals surface area contributed by atoms with Crippen molar-refractivity contribution in [2.75, 3.05) is 64.2 Å². The standard InChI is InChI=1S/2C18H22N2S.C4H6O6/c2*1-14(12-19(2)3)13-20-15-8-4-6-10-17(15)21-18-11-7-5-9-16(18)20;5-1(3(7)8)2(6)4(9)10/h2*4-11,14H,12-13H2,1-3H3;1-2,5-6H,(H,7,8)(H,9,10)/t;;1-,2+. The number of nitrogens with zero attached hydrogens (tertiary/aromatic N) is 4. The number of hydrogen-bond donors (Lipinski definition) is 4. The van der Waals surface area contributed by atoms with Gasteiger partial charge in [0.15, 0.2) is 12.2 Å². The summed E-state index contributed by atoms with van der Waals surface area (Å²) >= 11 is 3.75. The molecule has 10 nitrogen and oxygen atoms in total. The van der Waals surface area contributed by atoms with E-state index in [0.717, 1.165) is 26.2 Å². The molecule has 0 aliphatic carbocycles. The van der Waals surface area contributed by atoms with Crippen LogP contribution in [-0.2, 0) is 9.59 Å². The number of carboxylic acid groups (broad SMARTS) is 2. The maximum absolute atomic E-state index is 9.77. The Balaban J connectivity index is 0.000000187. The summed E-state index contributed by atoms with van der Waals surface area (Å²) in [5.41, 5.74) is 5.36. The first kappa shape index (κ1) is 40.7. The van der Waals surface area contributed by atoms with E-state index in [-0.39, 0.29) is 0 Å². The highest BCUT2D eigenvalue weighted by molar-refractivity contribution is 8.00. The number of hydrogen-bond acceptors (Lipinski definition) is 10. The van der Waals surface area contributed by atoms with Gasteiger partial charge < -0.3 is 40.0 Å². The molecule has 12 heteroatoms. The fourth-order valence-electron chi connectivity index (χ4n) is 6.21.